The smallest absolute Gasteiger partial charge is 0.198 e. The van der Waals surface area contributed by atoms with Gasteiger partial charge in [0.2, 0.25) is 0 Å². The van der Waals surface area contributed by atoms with Gasteiger partial charge in [0, 0.05) is 11.5 Å². The van der Waals surface area contributed by atoms with Crippen LogP contribution in [0.2, 0.25) is 0 Å². The molecule has 2 aliphatic rings. The van der Waals surface area contributed by atoms with Gasteiger partial charge in [0.25, 0.3) is 0 Å². The molecule has 0 amide bonds. The van der Waals surface area contributed by atoms with E-state index in [0.29, 0.717) is 5.92 Å². The first-order valence-electron chi connectivity index (χ1n) is 6.94. The Kier molecular flexibility index (Phi) is 2.10. The van der Waals surface area contributed by atoms with Gasteiger partial charge in [0.05, 0.1) is 0 Å². The van der Waals surface area contributed by atoms with Gasteiger partial charge < -0.3 is 10.2 Å². The van der Waals surface area contributed by atoms with Gasteiger partial charge in [0.15, 0.2) is 11.5 Å². The third kappa shape index (κ3) is 1.57. The fourth-order valence-electron chi connectivity index (χ4n) is 3.05. The van der Waals surface area contributed by atoms with Gasteiger partial charge in [-0.1, -0.05) is 18.9 Å². The maximum atomic E-state index is 6.49. The second-order valence-electron chi connectivity index (χ2n) is 5.87. The Morgan fingerprint density at radius 3 is 2.72 bits per heavy atom. The van der Waals surface area contributed by atoms with Crippen molar-refractivity contribution in [3.05, 3.63) is 29.7 Å². The van der Waals surface area contributed by atoms with Crippen LogP contribution in [-0.2, 0) is 5.54 Å². The Morgan fingerprint density at radius 1 is 1.22 bits per heavy atom. The summed E-state index contributed by atoms with van der Waals surface area (Å²) < 4.78 is 5.79. The molecule has 18 heavy (non-hydrogen) atoms. The second-order valence-corrected chi connectivity index (χ2v) is 5.87. The number of fused-ring (bicyclic) bond motifs is 1. The second kappa shape index (κ2) is 3.58. The summed E-state index contributed by atoms with van der Waals surface area (Å²) in [7, 11) is 0. The van der Waals surface area contributed by atoms with Crippen LogP contribution in [0.25, 0.3) is 11.1 Å². The van der Waals surface area contributed by atoms with Gasteiger partial charge in [-0.15, -0.1) is 0 Å². The number of hydrogen-bond acceptors (Lipinski definition) is 3. The number of nitrogens with zero attached hydrogens (tertiary/aromatic N) is 1. The van der Waals surface area contributed by atoms with Crippen molar-refractivity contribution in [2.45, 2.75) is 50.0 Å². The van der Waals surface area contributed by atoms with Gasteiger partial charge in [-0.2, -0.15) is 0 Å². The molecule has 1 aromatic heterocycles. The summed E-state index contributed by atoms with van der Waals surface area (Å²) in [4.78, 5) is 4.62. The lowest BCUT2D eigenvalue weighted by molar-refractivity contribution is 0.462. The lowest BCUT2D eigenvalue weighted by Gasteiger charge is -2.23. The molecule has 0 saturated heterocycles. The molecule has 0 radical (unpaired) electrons. The fraction of sp³-hybridized carbons (Fsp3) is 0.533. The summed E-state index contributed by atoms with van der Waals surface area (Å²) in [6.45, 7) is 0. The predicted octanol–water partition coefficient (Wildman–Crippen LogP) is 3.43. The predicted molar refractivity (Wildman–Crippen MR) is 70.3 cm³/mol. The zero-order valence-corrected chi connectivity index (χ0v) is 10.5. The van der Waals surface area contributed by atoms with Crippen molar-refractivity contribution >= 4 is 11.1 Å². The molecule has 0 atom stereocenters. The van der Waals surface area contributed by atoms with Crippen LogP contribution in [0, 0.1) is 0 Å². The number of nitrogens with two attached hydrogens (primary N) is 1. The molecule has 0 unspecified atom stereocenters. The summed E-state index contributed by atoms with van der Waals surface area (Å²) in [6.07, 6.45) is 7.10. The van der Waals surface area contributed by atoms with E-state index in [9.17, 15) is 0 Å². The van der Waals surface area contributed by atoms with E-state index in [0.717, 1.165) is 29.8 Å². The van der Waals surface area contributed by atoms with Crippen molar-refractivity contribution < 1.29 is 4.42 Å². The van der Waals surface area contributed by atoms with Crippen LogP contribution in [0.15, 0.2) is 22.6 Å². The highest BCUT2D eigenvalue weighted by molar-refractivity contribution is 5.74. The van der Waals surface area contributed by atoms with Gasteiger partial charge in [0.1, 0.15) is 5.52 Å². The monoisotopic (exact) mass is 242 g/mol. The molecule has 2 aromatic rings. The summed E-state index contributed by atoms with van der Waals surface area (Å²) in [5.41, 5.74) is 9.47. The SMILES string of the molecule is NC1(c2ccc3oc(C4CC4)nc3c2)CCCC1. The first-order chi connectivity index (χ1) is 8.74. The Hall–Kier alpha value is -1.35. The standard InChI is InChI=1S/C15H18N2O/c16-15(7-1-2-8-15)11-5-6-13-12(9-11)17-14(18-13)10-3-4-10/h5-6,9-10H,1-4,7-8,16H2. The molecule has 2 saturated carbocycles. The van der Waals surface area contributed by atoms with Crippen molar-refractivity contribution in [2.75, 3.05) is 0 Å². The van der Waals surface area contributed by atoms with Gasteiger partial charge >= 0.3 is 0 Å². The molecule has 0 bridgehead atoms. The number of rotatable bonds is 2. The molecular weight excluding hydrogens is 224 g/mol. The van der Waals surface area contributed by atoms with Crippen molar-refractivity contribution in [3.8, 4) is 0 Å². The van der Waals surface area contributed by atoms with E-state index < -0.39 is 0 Å². The van der Waals surface area contributed by atoms with Gasteiger partial charge in [-0.3, -0.25) is 0 Å². The van der Waals surface area contributed by atoms with E-state index in [1.54, 1.807) is 0 Å². The molecular formula is C15H18N2O. The van der Waals surface area contributed by atoms with Crippen molar-refractivity contribution in [3.63, 3.8) is 0 Å². The topological polar surface area (TPSA) is 52.0 Å². The van der Waals surface area contributed by atoms with E-state index in [-0.39, 0.29) is 5.54 Å². The Balaban J connectivity index is 1.78. The zero-order chi connectivity index (χ0) is 12.2. The van der Waals surface area contributed by atoms with Crippen molar-refractivity contribution in [1.82, 2.24) is 4.98 Å². The molecule has 1 heterocycles. The first kappa shape index (κ1) is 10.6. The third-order valence-electron chi connectivity index (χ3n) is 4.40. The molecule has 0 aliphatic heterocycles. The normalized spacial score (nSPS) is 22.7. The summed E-state index contributed by atoms with van der Waals surface area (Å²) in [5.74, 6) is 1.49. The fourth-order valence-corrected chi connectivity index (χ4v) is 3.05. The molecule has 94 valence electrons. The lowest BCUT2D eigenvalue weighted by atomic mass is 9.89. The maximum absolute atomic E-state index is 6.49. The molecule has 3 heteroatoms. The molecule has 2 fully saturated rings. The average molecular weight is 242 g/mol. The Bertz CT molecular complexity index is 592. The third-order valence-corrected chi connectivity index (χ3v) is 4.40. The molecule has 4 rings (SSSR count). The van der Waals surface area contributed by atoms with E-state index in [1.807, 2.05) is 6.07 Å². The van der Waals surface area contributed by atoms with Crippen LogP contribution in [0.5, 0.6) is 0 Å². The zero-order valence-electron chi connectivity index (χ0n) is 10.5. The lowest BCUT2D eigenvalue weighted by Crippen LogP contribution is -2.32. The minimum absolute atomic E-state index is 0.132. The number of oxazole rings is 1. The number of benzene rings is 1. The van der Waals surface area contributed by atoms with Crippen LogP contribution in [0.4, 0.5) is 0 Å². The summed E-state index contributed by atoms with van der Waals surface area (Å²) in [6, 6.07) is 6.29. The molecule has 1 aromatic carbocycles. The van der Waals surface area contributed by atoms with Crippen LogP contribution in [0.3, 0.4) is 0 Å². The van der Waals surface area contributed by atoms with Crippen LogP contribution in [-0.4, -0.2) is 4.98 Å². The number of aromatic nitrogens is 1. The van der Waals surface area contributed by atoms with Crippen molar-refractivity contribution in [2.24, 2.45) is 5.73 Å². The largest absolute Gasteiger partial charge is 0.440 e. The molecule has 2 aliphatic carbocycles. The Labute approximate surface area is 106 Å². The molecule has 3 nitrogen and oxygen atoms in total. The Morgan fingerprint density at radius 2 is 2.00 bits per heavy atom. The number of hydrogen-bond donors (Lipinski definition) is 1. The van der Waals surface area contributed by atoms with Gasteiger partial charge in [-0.05, 0) is 43.4 Å². The van der Waals surface area contributed by atoms with Crippen LogP contribution >= 0.6 is 0 Å². The highest BCUT2D eigenvalue weighted by Gasteiger charge is 2.32. The molecule has 2 N–H and O–H groups in total. The highest BCUT2D eigenvalue weighted by Crippen LogP contribution is 2.41. The summed E-state index contributed by atoms with van der Waals surface area (Å²) in [5, 5.41) is 0. The van der Waals surface area contributed by atoms with Crippen molar-refractivity contribution in [1.29, 1.82) is 0 Å². The van der Waals surface area contributed by atoms with Crippen LogP contribution in [0.1, 0.15) is 55.9 Å². The van der Waals surface area contributed by atoms with E-state index in [4.69, 9.17) is 10.2 Å². The van der Waals surface area contributed by atoms with Gasteiger partial charge in [-0.25, -0.2) is 4.98 Å². The minimum Gasteiger partial charge on any atom is -0.440 e. The highest BCUT2D eigenvalue weighted by atomic mass is 16.3. The summed E-state index contributed by atoms with van der Waals surface area (Å²) >= 11 is 0. The average Bonchev–Trinajstić information content (AvgIpc) is 2.99. The maximum Gasteiger partial charge on any atom is 0.198 e. The quantitative estimate of drug-likeness (QED) is 0.877. The molecule has 0 spiro atoms. The first-order valence-corrected chi connectivity index (χ1v) is 6.94. The minimum atomic E-state index is -0.132. The van der Waals surface area contributed by atoms with E-state index in [2.05, 4.69) is 17.1 Å². The van der Waals surface area contributed by atoms with E-state index >= 15 is 0 Å². The van der Waals surface area contributed by atoms with Crippen LogP contribution < -0.4 is 5.73 Å². The van der Waals surface area contributed by atoms with E-state index in [1.165, 1.54) is 31.2 Å².